The van der Waals surface area contributed by atoms with Crippen molar-refractivity contribution in [1.82, 2.24) is 10.3 Å². The molecule has 172 valence electrons. The summed E-state index contributed by atoms with van der Waals surface area (Å²) in [5.41, 5.74) is 3.86. The number of carbonyl (C=O) groups is 2. The Morgan fingerprint density at radius 3 is 2.64 bits per heavy atom. The first-order chi connectivity index (χ1) is 15.7. The first-order valence-electron chi connectivity index (χ1n) is 10.9. The highest BCUT2D eigenvalue weighted by atomic mass is 16.5. The summed E-state index contributed by atoms with van der Waals surface area (Å²) in [6, 6.07) is 9.01. The smallest absolute Gasteiger partial charge is 0.254 e. The molecule has 0 spiro atoms. The van der Waals surface area contributed by atoms with Crippen molar-refractivity contribution in [2.45, 2.75) is 39.5 Å². The summed E-state index contributed by atoms with van der Waals surface area (Å²) in [7, 11) is 3.16. The van der Waals surface area contributed by atoms with Gasteiger partial charge in [-0.2, -0.15) is 0 Å². The first kappa shape index (κ1) is 22.6. The van der Waals surface area contributed by atoms with Crippen LogP contribution in [0.4, 0.5) is 5.69 Å². The number of rotatable bonds is 5. The van der Waals surface area contributed by atoms with E-state index in [1.165, 1.54) is 0 Å². The summed E-state index contributed by atoms with van der Waals surface area (Å²) < 4.78 is 11.0. The zero-order chi connectivity index (χ0) is 23.8. The van der Waals surface area contributed by atoms with Crippen LogP contribution in [0.5, 0.6) is 11.5 Å². The average molecular weight is 448 g/mol. The molecule has 33 heavy (non-hydrogen) atoms. The number of carbonyl (C=O) groups excluding carboxylic acids is 2. The SMILES string of the molecule is COc1ccc(C2C(C(=O)Nc3cccnc3)=C(C)NC3=C2C(=O)CC(C)(C)C3)c(OC)c1. The molecule has 0 fully saturated rings. The van der Waals surface area contributed by atoms with Crippen LogP contribution in [0.1, 0.15) is 45.1 Å². The predicted molar refractivity (Wildman–Crippen MR) is 126 cm³/mol. The quantitative estimate of drug-likeness (QED) is 0.709. The van der Waals surface area contributed by atoms with Crippen LogP contribution < -0.4 is 20.1 Å². The monoisotopic (exact) mass is 447 g/mol. The zero-order valence-corrected chi connectivity index (χ0v) is 19.6. The van der Waals surface area contributed by atoms with E-state index in [0.29, 0.717) is 40.5 Å². The number of anilines is 1. The lowest BCUT2D eigenvalue weighted by molar-refractivity contribution is -0.118. The van der Waals surface area contributed by atoms with Gasteiger partial charge in [0.25, 0.3) is 5.91 Å². The summed E-state index contributed by atoms with van der Waals surface area (Å²) >= 11 is 0. The number of nitrogens with one attached hydrogen (secondary N) is 2. The second-order valence-electron chi connectivity index (χ2n) is 9.23. The molecule has 7 nitrogen and oxygen atoms in total. The molecule has 1 atom stereocenters. The standard InChI is InChI=1S/C26H29N3O4/c1-15-22(25(31)29-16-7-6-10-27-14-16)23(18-9-8-17(32-4)11-21(18)33-5)24-19(28-15)12-26(2,3)13-20(24)30/h6-11,14,23,28H,12-13H2,1-5H3,(H,29,31). The number of pyridine rings is 1. The molecule has 1 aliphatic carbocycles. The molecule has 1 aromatic heterocycles. The minimum atomic E-state index is -0.567. The van der Waals surface area contributed by atoms with E-state index in [4.69, 9.17) is 9.47 Å². The number of hydrogen-bond acceptors (Lipinski definition) is 6. The fourth-order valence-corrected chi connectivity index (χ4v) is 4.74. The van der Waals surface area contributed by atoms with Crippen molar-refractivity contribution in [3.8, 4) is 11.5 Å². The number of ether oxygens (including phenoxy) is 2. The Kier molecular flexibility index (Phi) is 5.97. The molecule has 2 N–H and O–H groups in total. The summed E-state index contributed by atoms with van der Waals surface area (Å²) in [5.74, 6) is 0.375. The third-order valence-electron chi connectivity index (χ3n) is 6.16. The molecular weight excluding hydrogens is 418 g/mol. The van der Waals surface area contributed by atoms with Gasteiger partial charge in [-0.1, -0.05) is 19.9 Å². The zero-order valence-electron chi connectivity index (χ0n) is 19.6. The van der Waals surface area contributed by atoms with Crippen molar-refractivity contribution >= 4 is 17.4 Å². The fourth-order valence-electron chi connectivity index (χ4n) is 4.74. The van der Waals surface area contributed by atoms with Gasteiger partial charge >= 0.3 is 0 Å². The fraction of sp³-hybridized carbons (Fsp3) is 0.346. The van der Waals surface area contributed by atoms with Gasteiger partial charge in [-0.15, -0.1) is 0 Å². The third-order valence-corrected chi connectivity index (χ3v) is 6.16. The molecule has 0 saturated carbocycles. The second kappa shape index (κ2) is 8.73. The van der Waals surface area contributed by atoms with E-state index in [0.717, 1.165) is 17.7 Å². The number of Topliss-reactive ketones (excluding diaryl/α,β-unsaturated/α-hetero) is 1. The average Bonchev–Trinajstić information content (AvgIpc) is 2.77. The maximum atomic E-state index is 13.6. The highest BCUT2D eigenvalue weighted by Gasteiger charge is 2.43. The normalized spacial score (nSPS) is 19.5. The van der Waals surface area contributed by atoms with Gasteiger partial charge in [0.05, 0.1) is 32.0 Å². The van der Waals surface area contributed by atoms with Crippen LogP contribution in [0, 0.1) is 5.41 Å². The molecule has 1 aromatic carbocycles. The number of allylic oxidation sites excluding steroid dienone is 3. The minimum absolute atomic E-state index is 0.0378. The van der Waals surface area contributed by atoms with E-state index in [-0.39, 0.29) is 17.1 Å². The van der Waals surface area contributed by atoms with Crippen molar-refractivity contribution in [3.63, 3.8) is 0 Å². The van der Waals surface area contributed by atoms with Gasteiger partial charge in [0.1, 0.15) is 11.5 Å². The Bertz CT molecular complexity index is 1170. The van der Waals surface area contributed by atoms with Crippen LogP contribution in [-0.2, 0) is 9.59 Å². The molecule has 1 amide bonds. The lowest BCUT2D eigenvalue weighted by Gasteiger charge is -2.40. The molecule has 0 radical (unpaired) electrons. The number of benzene rings is 1. The molecule has 0 saturated heterocycles. The summed E-state index contributed by atoms with van der Waals surface area (Å²) in [4.78, 5) is 31.1. The van der Waals surface area contributed by atoms with E-state index < -0.39 is 5.92 Å². The largest absolute Gasteiger partial charge is 0.497 e. The van der Waals surface area contributed by atoms with Crippen LogP contribution in [0.2, 0.25) is 0 Å². The Morgan fingerprint density at radius 1 is 1.18 bits per heavy atom. The highest BCUT2D eigenvalue weighted by Crippen LogP contribution is 2.49. The molecule has 2 aliphatic rings. The number of amides is 1. The summed E-state index contributed by atoms with van der Waals surface area (Å²) in [5, 5.41) is 6.31. The molecule has 2 heterocycles. The molecule has 1 unspecified atom stereocenters. The molecule has 2 aromatic rings. The van der Waals surface area contributed by atoms with Crippen LogP contribution in [-0.4, -0.2) is 30.9 Å². The van der Waals surface area contributed by atoms with Crippen molar-refractivity contribution in [3.05, 3.63) is 70.8 Å². The Morgan fingerprint density at radius 2 is 1.97 bits per heavy atom. The van der Waals surface area contributed by atoms with Crippen LogP contribution in [0.15, 0.2) is 65.3 Å². The highest BCUT2D eigenvalue weighted by molar-refractivity contribution is 6.10. The summed E-state index contributed by atoms with van der Waals surface area (Å²) in [6.07, 6.45) is 4.37. The van der Waals surface area contributed by atoms with Crippen LogP contribution in [0.25, 0.3) is 0 Å². The Balaban J connectivity index is 1.87. The van der Waals surface area contributed by atoms with Gasteiger partial charge in [-0.3, -0.25) is 14.6 Å². The van der Waals surface area contributed by atoms with Crippen molar-refractivity contribution in [2.24, 2.45) is 5.41 Å². The number of dihydropyridines is 1. The van der Waals surface area contributed by atoms with E-state index in [9.17, 15) is 9.59 Å². The number of methoxy groups -OCH3 is 2. The predicted octanol–water partition coefficient (Wildman–Crippen LogP) is 4.34. The first-order valence-corrected chi connectivity index (χ1v) is 10.9. The van der Waals surface area contributed by atoms with E-state index in [2.05, 4.69) is 29.5 Å². The van der Waals surface area contributed by atoms with Gasteiger partial charge in [-0.25, -0.2) is 0 Å². The maximum Gasteiger partial charge on any atom is 0.254 e. The van der Waals surface area contributed by atoms with Crippen LogP contribution >= 0.6 is 0 Å². The minimum Gasteiger partial charge on any atom is -0.497 e. The topological polar surface area (TPSA) is 89.5 Å². The summed E-state index contributed by atoms with van der Waals surface area (Å²) in [6.45, 7) is 6.04. The molecule has 1 aliphatic heterocycles. The molecule has 0 bridgehead atoms. The van der Waals surface area contributed by atoms with Crippen molar-refractivity contribution in [2.75, 3.05) is 19.5 Å². The maximum absolute atomic E-state index is 13.6. The Labute approximate surface area is 193 Å². The number of ketones is 1. The van der Waals surface area contributed by atoms with E-state index >= 15 is 0 Å². The van der Waals surface area contributed by atoms with Gasteiger partial charge < -0.3 is 20.1 Å². The van der Waals surface area contributed by atoms with Gasteiger partial charge in [0.2, 0.25) is 0 Å². The van der Waals surface area contributed by atoms with Crippen molar-refractivity contribution < 1.29 is 19.1 Å². The van der Waals surface area contributed by atoms with Gasteiger partial charge in [0.15, 0.2) is 5.78 Å². The number of hydrogen-bond donors (Lipinski definition) is 2. The lowest BCUT2D eigenvalue weighted by atomic mass is 9.68. The van der Waals surface area contributed by atoms with Crippen LogP contribution in [0.3, 0.4) is 0 Å². The molecular formula is C26H29N3O4. The lowest BCUT2D eigenvalue weighted by Crippen LogP contribution is -2.39. The van der Waals surface area contributed by atoms with Gasteiger partial charge in [-0.05, 0) is 37.0 Å². The van der Waals surface area contributed by atoms with Gasteiger partial charge in [0, 0.05) is 46.8 Å². The van der Waals surface area contributed by atoms with Crippen molar-refractivity contribution in [1.29, 1.82) is 0 Å². The Hall–Kier alpha value is -3.61. The van der Waals surface area contributed by atoms with E-state index in [1.807, 2.05) is 19.1 Å². The third kappa shape index (κ3) is 4.35. The molecule has 7 heteroatoms. The van der Waals surface area contributed by atoms with E-state index in [1.54, 1.807) is 44.8 Å². The molecule has 4 rings (SSSR count). The number of aromatic nitrogens is 1. The number of nitrogens with zero attached hydrogens (tertiary/aromatic N) is 1. The second-order valence-corrected chi connectivity index (χ2v) is 9.23.